The van der Waals surface area contributed by atoms with Gasteiger partial charge in [-0.15, -0.1) is 0 Å². The zero-order chi connectivity index (χ0) is 11.5. The number of hydrogen-bond acceptors (Lipinski definition) is 2. The van der Waals surface area contributed by atoms with Gasteiger partial charge in [-0.25, -0.2) is 0 Å². The number of hydrogen-bond donors (Lipinski definition) is 1. The fraction of sp³-hybridized carbons (Fsp3) is 0.400. The Balaban J connectivity index is 1.82. The van der Waals surface area contributed by atoms with E-state index in [0.717, 1.165) is 16.5 Å². The van der Waals surface area contributed by atoms with Gasteiger partial charge in [0.05, 0.1) is 11.1 Å². The molecule has 0 saturated heterocycles. The highest BCUT2D eigenvalue weighted by atomic mass is 16.3. The number of aliphatic hydroxyl groups is 1. The number of fused-ring (bicyclic) bond motifs is 2. The quantitative estimate of drug-likeness (QED) is 0.809. The molecule has 0 bridgehead atoms. The minimum atomic E-state index is -0.526. The summed E-state index contributed by atoms with van der Waals surface area (Å²) < 4.78 is 0. The summed E-state index contributed by atoms with van der Waals surface area (Å²) >= 11 is 0. The molecule has 2 saturated carbocycles. The summed E-state index contributed by atoms with van der Waals surface area (Å²) in [6, 6.07) is 10.2. The third kappa shape index (κ3) is 1.16. The second kappa shape index (κ2) is 3.08. The second-order valence-corrected chi connectivity index (χ2v) is 5.38. The van der Waals surface area contributed by atoms with Crippen LogP contribution in [0, 0.1) is 11.8 Å². The first-order chi connectivity index (χ1) is 8.30. The van der Waals surface area contributed by atoms with E-state index < -0.39 is 5.60 Å². The van der Waals surface area contributed by atoms with Crippen LogP contribution in [0.4, 0.5) is 0 Å². The van der Waals surface area contributed by atoms with Gasteiger partial charge in [0.1, 0.15) is 0 Å². The van der Waals surface area contributed by atoms with E-state index in [-0.39, 0.29) is 0 Å². The van der Waals surface area contributed by atoms with E-state index in [4.69, 9.17) is 0 Å². The average Bonchev–Trinajstić information content (AvgIpc) is 2.79. The predicted molar refractivity (Wildman–Crippen MR) is 66.5 cm³/mol. The molecule has 1 N–H and O–H groups in total. The number of aromatic nitrogens is 1. The third-order valence-corrected chi connectivity index (χ3v) is 4.60. The van der Waals surface area contributed by atoms with Crippen molar-refractivity contribution in [2.24, 2.45) is 11.8 Å². The Morgan fingerprint density at radius 3 is 2.82 bits per heavy atom. The standard InChI is InChI=1S/C15H15NO/c17-15(12-4-1-5-13(12)15)11-6-7-14-10(9-11)3-2-8-16-14/h2-3,6-9,12-13,17H,1,4-5H2. The Morgan fingerprint density at radius 1 is 1.18 bits per heavy atom. The van der Waals surface area contributed by atoms with Crippen molar-refractivity contribution in [1.29, 1.82) is 0 Å². The van der Waals surface area contributed by atoms with Crippen molar-refractivity contribution < 1.29 is 5.11 Å². The predicted octanol–water partition coefficient (Wildman–Crippen LogP) is 2.85. The molecule has 17 heavy (non-hydrogen) atoms. The zero-order valence-corrected chi connectivity index (χ0v) is 9.63. The minimum absolute atomic E-state index is 0.511. The van der Waals surface area contributed by atoms with Crippen LogP contribution in [0.15, 0.2) is 36.5 Å². The summed E-state index contributed by atoms with van der Waals surface area (Å²) in [4.78, 5) is 4.32. The molecule has 0 aliphatic heterocycles. The van der Waals surface area contributed by atoms with Crippen molar-refractivity contribution in [3.05, 3.63) is 42.1 Å². The molecule has 2 fully saturated rings. The van der Waals surface area contributed by atoms with E-state index >= 15 is 0 Å². The van der Waals surface area contributed by atoms with Crippen molar-refractivity contribution >= 4 is 10.9 Å². The first kappa shape index (κ1) is 9.60. The van der Waals surface area contributed by atoms with Crippen LogP contribution in [0.3, 0.4) is 0 Å². The monoisotopic (exact) mass is 225 g/mol. The van der Waals surface area contributed by atoms with Crippen molar-refractivity contribution in [3.8, 4) is 0 Å². The van der Waals surface area contributed by atoms with Crippen molar-refractivity contribution in [1.82, 2.24) is 4.98 Å². The van der Waals surface area contributed by atoms with Crippen molar-refractivity contribution in [2.45, 2.75) is 24.9 Å². The molecule has 2 aliphatic carbocycles. The normalized spacial score (nSPS) is 34.9. The van der Waals surface area contributed by atoms with Crippen LogP contribution in [0.2, 0.25) is 0 Å². The zero-order valence-electron chi connectivity index (χ0n) is 9.63. The van der Waals surface area contributed by atoms with Gasteiger partial charge in [0.15, 0.2) is 0 Å². The molecule has 2 heteroatoms. The van der Waals surface area contributed by atoms with Crippen LogP contribution < -0.4 is 0 Å². The molecule has 4 rings (SSSR count). The maximum absolute atomic E-state index is 10.7. The SMILES string of the molecule is OC1(c2ccc3ncccc3c2)C2CCCC21. The Labute approximate surface area is 100 Å². The van der Waals surface area contributed by atoms with Crippen LogP contribution in [0.1, 0.15) is 24.8 Å². The van der Waals surface area contributed by atoms with Gasteiger partial charge < -0.3 is 5.11 Å². The van der Waals surface area contributed by atoms with Crippen molar-refractivity contribution in [3.63, 3.8) is 0 Å². The second-order valence-electron chi connectivity index (χ2n) is 5.38. The summed E-state index contributed by atoms with van der Waals surface area (Å²) in [5.41, 5.74) is 1.57. The number of pyridine rings is 1. The van der Waals surface area contributed by atoms with E-state index in [9.17, 15) is 5.11 Å². The number of benzene rings is 1. The highest BCUT2D eigenvalue weighted by molar-refractivity contribution is 5.79. The van der Waals surface area contributed by atoms with Gasteiger partial charge in [-0.1, -0.05) is 18.6 Å². The fourth-order valence-electron chi connectivity index (χ4n) is 3.67. The molecular weight excluding hydrogens is 210 g/mol. The highest BCUT2D eigenvalue weighted by Gasteiger charge is 2.66. The van der Waals surface area contributed by atoms with Gasteiger partial charge in [-0.3, -0.25) is 4.98 Å². The van der Waals surface area contributed by atoms with Gasteiger partial charge in [-0.05, 0) is 48.4 Å². The maximum Gasteiger partial charge on any atom is 0.0960 e. The van der Waals surface area contributed by atoms with Gasteiger partial charge in [0.2, 0.25) is 0 Å². The largest absolute Gasteiger partial charge is 0.385 e. The molecule has 86 valence electrons. The average molecular weight is 225 g/mol. The molecule has 0 spiro atoms. The Bertz CT molecular complexity index is 582. The molecule has 2 unspecified atom stereocenters. The Morgan fingerprint density at radius 2 is 2.00 bits per heavy atom. The van der Waals surface area contributed by atoms with Crippen LogP contribution in [-0.4, -0.2) is 10.1 Å². The topological polar surface area (TPSA) is 33.1 Å². The lowest BCUT2D eigenvalue weighted by molar-refractivity contribution is 0.105. The molecule has 1 aromatic heterocycles. The summed E-state index contributed by atoms with van der Waals surface area (Å²) in [6.45, 7) is 0. The Hall–Kier alpha value is -1.41. The molecule has 2 aliphatic rings. The van der Waals surface area contributed by atoms with Crippen LogP contribution in [0.5, 0.6) is 0 Å². The highest BCUT2D eigenvalue weighted by Crippen LogP contribution is 2.66. The minimum Gasteiger partial charge on any atom is -0.385 e. The van der Waals surface area contributed by atoms with E-state index in [2.05, 4.69) is 17.1 Å². The van der Waals surface area contributed by atoms with Crippen LogP contribution in [-0.2, 0) is 5.60 Å². The third-order valence-electron chi connectivity index (χ3n) is 4.60. The van der Waals surface area contributed by atoms with Crippen LogP contribution >= 0.6 is 0 Å². The first-order valence-corrected chi connectivity index (χ1v) is 6.38. The molecule has 0 amide bonds. The van der Waals surface area contributed by atoms with Gasteiger partial charge in [-0.2, -0.15) is 0 Å². The molecule has 1 aromatic carbocycles. The molecule has 0 radical (unpaired) electrons. The lowest BCUT2D eigenvalue weighted by atomic mass is 9.98. The fourth-order valence-corrected chi connectivity index (χ4v) is 3.67. The van der Waals surface area contributed by atoms with Crippen molar-refractivity contribution in [2.75, 3.05) is 0 Å². The molecule has 2 nitrogen and oxygen atoms in total. The van der Waals surface area contributed by atoms with Gasteiger partial charge >= 0.3 is 0 Å². The maximum atomic E-state index is 10.7. The molecule has 2 aromatic rings. The van der Waals surface area contributed by atoms with E-state index in [1.807, 2.05) is 24.4 Å². The lowest BCUT2D eigenvalue weighted by Gasteiger charge is -2.15. The molecule has 1 heterocycles. The van der Waals surface area contributed by atoms with E-state index in [1.54, 1.807) is 0 Å². The van der Waals surface area contributed by atoms with Gasteiger partial charge in [0, 0.05) is 11.6 Å². The summed E-state index contributed by atoms with van der Waals surface area (Å²) in [7, 11) is 0. The van der Waals surface area contributed by atoms with E-state index in [0.29, 0.717) is 11.8 Å². The summed E-state index contributed by atoms with van der Waals surface area (Å²) in [6.07, 6.45) is 5.47. The smallest absolute Gasteiger partial charge is 0.0960 e. The number of rotatable bonds is 1. The van der Waals surface area contributed by atoms with E-state index in [1.165, 1.54) is 19.3 Å². The lowest BCUT2D eigenvalue weighted by Crippen LogP contribution is -2.12. The molecule has 2 atom stereocenters. The van der Waals surface area contributed by atoms with Crippen LogP contribution in [0.25, 0.3) is 10.9 Å². The molecular formula is C15H15NO. The Kier molecular flexibility index (Phi) is 1.74. The van der Waals surface area contributed by atoms with Gasteiger partial charge in [0.25, 0.3) is 0 Å². The summed E-state index contributed by atoms with van der Waals surface area (Å²) in [5, 5.41) is 11.8. The number of nitrogens with zero attached hydrogens (tertiary/aromatic N) is 1. The summed E-state index contributed by atoms with van der Waals surface area (Å²) in [5.74, 6) is 1.02. The first-order valence-electron chi connectivity index (χ1n) is 6.38.